The van der Waals surface area contributed by atoms with Crippen molar-refractivity contribution in [1.29, 1.82) is 0 Å². The van der Waals surface area contributed by atoms with Crippen LogP contribution >= 0.6 is 0 Å². The normalized spacial score (nSPS) is 11.4. The fraction of sp³-hybridized carbons (Fsp3) is 0.214. The van der Waals surface area contributed by atoms with Crippen LogP contribution in [0.5, 0.6) is 0 Å². The van der Waals surface area contributed by atoms with E-state index >= 15 is 0 Å². The van der Waals surface area contributed by atoms with E-state index < -0.39 is 27.5 Å². The molecule has 0 saturated heterocycles. The van der Waals surface area contributed by atoms with Crippen molar-refractivity contribution in [2.75, 3.05) is 17.7 Å². The van der Waals surface area contributed by atoms with Crippen LogP contribution in [0.15, 0.2) is 47.1 Å². The molecule has 1 aromatic carbocycles. The number of rotatable bonds is 6. The molecule has 0 bridgehead atoms. The lowest BCUT2D eigenvalue weighted by molar-refractivity contribution is -0.116. The molecule has 0 unspecified atom stereocenters. The molecule has 0 aliphatic carbocycles. The molecule has 0 saturated carbocycles. The largest absolute Gasteiger partial charge is 0.467 e. The SMILES string of the molecule is CNS(=O)(=O)CC(=O)N(Cc1ccco1)c1ccc(F)cc1. The second-order valence-electron chi connectivity index (χ2n) is 4.50. The fourth-order valence-electron chi connectivity index (χ4n) is 1.82. The Bertz CT molecular complexity index is 727. The maximum atomic E-state index is 13.0. The number of benzene rings is 1. The third-order valence-corrected chi connectivity index (χ3v) is 4.21. The molecule has 0 aliphatic heterocycles. The molecule has 1 heterocycles. The summed E-state index contributed by atoms with van der Waals surface area (Å²) in [5, 5.41) is 0. The summed E-state index contributed by atoms with van der Waals surface area (Å²) in [5.41, 5.74) is 0.383. The predicted molar refractivity (Wildman–Crippen MR) is 79.1 cm³/mol. The van der Waals surface area contributed by atoms with Gasteiger partial charge in [-0.1, -0.05) is 0 Å². The molecule has 2 rings (SSSR count). The van der Waals surface area contributed by atoms with Gasteiger partial charge in [0.15, 0.2) is 0 Å². The quantitative estimate of drug-likeness (QED) is 0.872. The Balaban J connectivity index is 2.28. The highest BCUT2D eigenvalue weighted by Gasteiger charge is 2.23. The molecule has 118 valence electrons. The van der Waals surface area contributed by atoms with Gasteiger partial charge in [-0.15, -0.1) is 0 Å². The Labute approximate surface area is 127 Å². The van der Waals surface area contributed by atoms with E-state index in [9.17, 15) is 17.6 Å². The highest BCUT2D eigenvalue weighted by molar-refractivity contribution is 7.90. The van der Waals surface area contributed by atoms with E-state index in [2.05, 4.69) is 4.72 Å². The van der Waals surface area contributed by atoms with E-state index in [1.807, 2.05) is 0 Å². The third-order valence-electron chi connectivity index (χ3n) is 2.96. The summed E-state index contributed by atoms with van der Waals surface area (Å²) < 4.78 is 43.4. The van der Waals surface area contributed by atoms with Gasteiger partial charge in [-0.05, 0) is 43.4 Å². The number of amides is 1. The van der Waals surface area contributed by atoms with Crippen molar-refractivity contribution in [1.82, 2.24) is 4.72 Å². The van der Waals surface area contributed by atoms with Gasteiger partial charge in [0.2, 0.25) is 15.9 Å². The minimum absolute atomic E-state index is 0.0523. The van der Waals surface area contributed by atoms with Crippen molar-refractivity contribution < 1.29 is 22.0 Å². The lowest BCUT2D eigenvalue weighted by atomic mass is 10.2. The monoisotopic (exact) mass is 326 g/mol. The molecule has 1 N–H and O–H groups in total. The molecule has 0 atom stereocenters. The van der Waals surface area contributed by atoms with Gasteiger partial charge >= 0.3 is 0 Å². The fourth-order valence-corrected chi connectivity index (χ4v) is 2.44. The van der Waals surface area contributed by atoms with Crippen molar-refractivity contribution in [3.05, 3.63) is 54.2 Å². The molecule has 6 nitrogen and oxygen atoms in total. The van der Waals surface area contributed by atoms with Gasteiger partial charge in [-0.25, -0.2) is 17.5 Å². The zero-order chi connectivity index (χ0) is 16.2. The maximum absolute atomic E-state index is 13.0. The molecule has 0 fully saturated rings. The predicted octanol–water partition coefficient (Wildman–Crippen LogP) is 1.50. The zero-order valence-corrected chi connectivity index (χ0v) is 12.6. The number of carbonyl (C=O) groups is 1. The molecule has 8 heteroatoms. The number of anilines is 1. The summed E-state index contributed by atoms with van der Waals surface area (Å²) in [5.74, 6) is -1.31. The maximum Gasteiger partial charge on any atom is 0.244 e. The molecule has 0 aliphatic rings. The number of carbonyl (C=O) groups excluding carboxylic acids is 1. The van der Waals surface area contributed by atoms with E-state index in [0.717, 1.165) is 0 Å². The van der Waals surface area contributed by atoms with Crippen LogP contribution in [0.4, 0.5) is 10.1 Å². The highest BCUT2D eigenvalue weighted by Crippen LogP contribution is 2.19. The third kappa shape index (κ3) is 4.15. The molecular weight excluding hydrogens is 311 g/mol. The molecule has 2 aromatic rings. The molecule has 1 aromatic heterocycles. The Morgan fingerprint density at radius 1 is 1.27 bits per heavy atom. The number of nitrogens with zero attached hydrogens (tertiary/aromatic N) is 1. The summed E-state index contributed by atoms with van der Waals surface area (Å²) >= 11 is 0. The Kier molecular flexibility index (Phi) is 4.94. The summed E-state index contributed by atoms with van der Waals surface area (Å²) in [6.45, 7) is 0.0523. The minimum atomic E-state index is -3.70. The molecule has 22 heavy (non-hydrogen) atoms. The molecule has 0 radical (unpaired) electrons. The number of nitrogens with one attached hydrogen (secondary N) is 1. The first kappa shape index (κ1) is 16.2. The number of furan rings is 1. The average Bonchev–Trinajstić information content (AvgIpc) is 2.98. The van der Waals surface area contributed by atoms with Gasteiger partial charge in [0, 0.05) is 5.69 Å². The second-order valence-corrected chi connectivity index (χ2v) is 6.43. The molecule has 0 spiro atoms. The van der Waals surface area contributed by atoms with Crippen LogP contribution in [0.2, 0.25) is 0 Å². The van der Waals surface area contributed by atoms with E-state index in [1.165, 1.54) is 42.5 Å². The van der Waals surface area contributed by atoms with Gasteiger partial charge in [-0.3, -0.25) is 4.79 Å². The number of hydrogen-bond donors (Lipinski definition) is 1. The number of halogens is 1. The average molecular weight is 326 g/mol. The Morgan fingerprint density at radius 2 is 1.95 bits per heavy atom. The van der Waals surface area contributed by atoms with Crippen LogP contribution in [-0.2, 0) is 21.4 Å². The van der Waals surface area contributed by atoms with E-state index in [1.54, 1.807) is 12.1 Å². The van der Waals surface area contributed by atoms with Gasteiger partial charge in [0.05, 0.1) is 12.8 Å². The minimum Gasteiger partial charge on any atom is -0.467 e. The summed E-state index contributed by atoms with van der Waals surface area (Å²) in [7, 11) is -2.47. The summed E-state index contributed by atoms with van der Waals surface area (Å²) in [6, 6.07) is 8.53. The lowest BCUT2D eigenvalue weighted by Crippen LogP contribution is -2.38. The van der Waals surface area contributed by atoms with Gasteiger partial charge in [0.1, 0.15) is 17.3 Å². The van der Waals surface area contributed by atoms with Crippen molar-refractivity contribution in [2.45, 2.75) is 6.54 Å². The van der Waals surface area contributed by atoms with Crippen LogP contribution < -0.4 is 9.62 Å². The van der Waals surface area contributed by atoms with Crippen LogP contribution in [-0.4, -0.2) is 27.1 Å². The summed E-state index contributed by atoms with van der Waals surface area (Å²) in [4.78, 5) is 13.5. The van der Waals surface area contributed by atoms with Crippen molar-refractivity contribution in [3.63, 3.8) is 0 Å². The van der Waals surface area contributed by atoms with E-state index in [0.29, 0.717) is 11.4 Å². The second kappa shape index (κ2) is 6.71. The Morgan fingerprint density at radius 3 is 2.50 bits per heavy atom. The van der Waals surface area contributed by atoms with E-state index in [-0.39, 0.29) is 6.54 Å². The highest BCUT2D eigenvalue weighted by atomic mass is 32.2. The number of sulfonamides is 1. The first-order valence-electron chi connectivity index (χ1n) is 6.41. The first-order chi connectivity index (χ1) is 10.4. The van der Waals surface area contributed by atoms with Crippen molar-refractivity contribution in [2.24, 2.45) is 0 Å². The van der Waals surface area contributed by atoms with Gasteiger partial charge in [0.25, 0.3) is 0 Å². The topological polar surface area (TPSA) is 79.6 Å². The van der Waals surface area contributed by atoms with Gasteiger partial charge < -0.3 is 9.32 Å². The van der Waals surface area contributed by atoms with Crippen LogP contribution in [0.3, 0.4) is 0 Å². The Hall–Kier alpha value is -2.19. The van der Waals surface area contributed by atoms with Gasteiger partial charge in [-0.2, -0.15) is 0 Å². The van der Waals surface area contributed by atoms with Crippen LogP contribution in [0.1, 0.15) is 5.76 Å². The van der Waals surface area contributed by atoms with Crippen LogP contribution in [0.25, 0.3) is 0 Å². The van der Waals surface area contributed by atoms with Crippen molar-refractivity contribution >= 4 is 21.6 Å². The molecule has 1 amide bonds. The zero-order valence-electron chi connectivity index (χ0n) is 11.8. The standard InChI is InChI=1S/C14H15FN2O4S/c1-16-22(19,20)10-14(18)17(9-13-3-2-8-21-13)12-6-4-11(15)5-7-12/h2-8,16H,9-10H2,1H3. The van der Waals surface area contributed by atoms with Crippen LogP contribution in [0, 0.1) is 5.82 Å². The number of hydrogen-bond acceptors (Lipinski definition) is 4. The lowest BCUT2D eigenvalue weighted by Gasteiger charge is -2.21. The van der Waals surface area contributed by atoms with E-state index in [4.69, 9.17) is 4.42 Å². The van der Waals surface area contributed by atoms with Crippen molar-refractivity contribution in [3.8, 4) is 0 Å². The smallest absolute Gasteiger partial charge is 0.244 e. The first-order valence-corrected chi connectivity index (χ1v) is 8.06. The molecular formula is C14H15FN2O4S. The summed E-state index contributed by atoms with van der Waals surface area (Å²) in [6.07, 6.45) is 1.45.